The van der Waals surface area contributed by atoms with Crippen LogP contribution in [0.25, 0.3) is 0 Å². The van der Waals surface area contributed by atoms with E-state index in [0.717, 1.165) is 38.8 Å². The lowest BCUT2D eigenvalue weighted by atomic mass is 9.77. The lowest BCUT2D eigenvalue weighted by Crippen LogP contribution is -2.42. The fraction of sp³-hybridized carbons (Fsp3) is 0.842. The molecule has 0 saturated carbocycles. The van der Waals surface area contributed by atoms with Crippen molar-refractivity contribution >= 4 is 5.97 Å². The second-order valence-electron chi connectivity index (χ2n) is 7.37. The largest absolute Gasteiger partial charge is 0.481 e. The number of carboxylic acid groups (broad SMARTS) is 1. The van der Waals surface area contributed by atoms with E-state index in [2.05, 4.69) is 17.5 Å². The maximum absolute atomic E-state index is 10.5. The molecular formula is C19H31NO4. The van der Waals surface area contributed by atoms with Gasteiger partial charge in [0.2, 0.25) is 0 Å². The zero-order valence-corrected chi connectivity index (χ0v) is 14.5. The summed E-state index contributed by atoms with van der Waals surface area (Å²) in [6, 6.07) is 0. The van der Waals surface area contributed by atoms with Gasteiger partial charge in [0.25, 0.3) is 0 Å². The van der Waals surface area contributed by atoms with Crippen molar-refractivity contribution in [1.82, 2.24) is 5.32 Å². The zero-order valence-electron chi connectivity index (χ0n) is 14.5. The smallest absolute Gasteiger partial charge is 0.303 e. The highest BCUT2D eigenvalue weighted by Gasteiger charge is 2.47. The molecule has 0 aromatic rings. The summed E-state index contributed by atoms with van der Waals surface area (Å²) in [4.78, 5) is 10.5. The Labute approximate surface area is 144 Å². The van der Waals surface area contributed by atoms with E-state index in [-0.39, 0.29) is 12.6 Å². The number of fused-ring (bicyclic) bond motifs is 2. The number of hydrogen-bond donors (Lipinski definition) is 2. The van der Waals surface area contributed by atoms with Crippen molar-refractivity contribution in [3.05, 3.63) is 12.2 Å². The summed E-state index contributed by atoms with van der Waals surface area (Å²) in [6.07, 6.45) is 14.3. The maximum Gasteiger partial charge on any atom is 0.303 e. The van der Waals surface area contributed by atoms with Crippen LogP contribution in [0.15, 0.2) is 12.2 Å². The molecule has 0 amide bonds. The predicted molar refractivity (Wildman–Crippen MR) is 91.7 cm³/mol. The van der Waals surface area contributed by atoms with Crippen LogP contribution in [0.1, 0.15) is 57.8 Å². The normalized spacial score (nSPS) is 35.8. The summed E-state index contributed by atoms with van der Waals surface area (Å²) in [5.41, 5.74) is 0. The summed E-state index contributed by atoms with van der Waals surface area (Å²) < 4.78 is 11.9. The van der Waals surface area contributed by atoms with E-state index < -0.39 is 5.97 Å². The minimum Gasteiger partial charge on any atom is -0.481 e. The molecule has 2 bridgehead atoms. The molecule has 2 N–H and O–H groups in total. The Morgan fingerprint density at radius 1 is 1.12 bits per heavy atom. The molecule has 1 unspecified atom stereocenters. The Bertz CT molecular complexity index is 433. The number of carboxylic acids is 1. The van der Waals surface area contributed by atoms with Crippen molar-refractivity contribution in [3.8, 4) is 0 Å². The molecule has 5 nitrogen and oxygen atoms in total. The highest BCUT2D eigenvalue weighted by Crippen LogP contribution is 2.45. The Hall–Kier alpha value is -0.910. The van der Waals surface area contributed by atoms with Gasteiger partial charge in [-0.3, -0.25) is 10.1 Å². The molecule has 0 aromatic heterocycles. The van der Waals surface area contributed by atoms with E-state index in [9.17, 15) is 4.79 Å². The average molecular weight is 337 g/mol. The molecule has 5 atom stereocenters. The van der Waals surface area contributed by atoms with Crippen LogP contribution in [0, 0.1) is 11.8 Å². The average Bonchev–Trinajstić information content (AvgIpc) is 3.18. The molecule has 3 rings (SSSR count). The van der Waals surface area contributed by atoms with Crippen molar-refractivity contribution in [1.29, 1.82) is 0 Å². The SMILES string of the molecule is O=C(O)CCC/C=C\C[C@@H]1[C@H](CNC2CCCCO2)[C@@H]2CC[C@H]1O2. The summed E-state index contributed by atoms with van der Waals surface area (Å²) in [6.45, 7) is 1.87. The van der Waals surface area contributed by atoms with Gasteiger partial charge in [-0.05, 0) is 57.3 Å². The molecule has 3 fully saturated rings. The molecule has 0 aliphatic carbocycles. The summed E-state index contributed by atoms with van der Waals surface area (Å²) in [5, 5.41) is 12.3. The van der Waals surface area contributed by atoms with Crippen LogP contribution in [0.3, 0.4) is 0 Å². The number of carbonyl (C=O) groups is 1. The van der Waals surface area contributed by atoms with E-state index in [1.807, 2.05) is 0 Å². The second kappa shape index (κ2) is 8.97. The van der Waals surface area contributed by atoms with E-state index in [0.29, 0.717) is 24.0 Å². The molecule has 3 saturated heterocycles. The molecule has 0 radical (unpaired) electrons. The minimum atomic E-state index is -0.707. The van der Waals surface area contributed by atoms with Crippen molar-refractivity contribution < 1.29 is 19.4 Å². The van der Waals surface area contributed by atoms with Crippen LogP contribution in [-0.4, -0.2) is 42.7 Å². The van der Waals surface area contributed by atoms with Gasteiger partial charge in [-0.1, -0.05) is 12.2 Å². The first kappa shape index (κ1) is 17.9. The van der Waals surface area contributed by atoms with Crippen LogP contribution in [0.5, 0.6) is 0 Å². The van der Waals surface area contributed by atoms with Crippen LogP contribution in [0.4, 0.5) is 0 Å². The summed E-state index contributed by atoms with van der Waals surface area (Å²) >= 11 is 0. The van der Waals surface area contributed by atoms with Crippen molar-refractivity contribution in [2.75, 3.05) is 13.2 Å². The van der Waals surface area contributed by atoms with Gasteiger partial charge in [0.15, 0.2) is 0 Å². The molecule has 0 aromatic carbocycles. The highest BCUT2D eigenvalue weighted by molar-refractivity contribution is 5.66. The van der Waals surface area contributed by atoms with Crippen LogP contribution in [-0.2, 0) is 14.3 Å². The van der Waals surface area contributed by atoms with E-state index in [4.69, 9.17) is 14.6 Å². The van der Waals surface area contributed by atoms with Gasteiger partial charge < -0.3 is 14.6 Å². The van der Waals surface area contributed by atoms with Crippen molar-refractivity contribution in [3.63, 3.8) is 0 Å². The monoisotopic (exact) mass is 337 g/mol. The second-order valence-corrected chi connectivity index (χ2v) is 7.37. The predicted octanol–water partition coefficient (Wildman–Crippen LogP) is 3.10. The van der Waals surface area contributed by atoms with E-state index in [1.165, 1.54) is 25.7 Å². The standard InChI is InChI=1S/C19H31NO4/c21-19(22)9-4-2-1-3-7-14-15(17-11-10-16(14)24-17)13-20-18-8-5-6-12-23-18/h1,3,14-18,20H,2,4-13H2,(H,21,22)/b3-1-/t14-,15+,16-,17+,18?/m1/s1. The van der Waals surface area contributed by atoms with Gasteiger partial charge in [-0.25, -0.2) is 0 Å². The Balaban J connectivity index is 1.42. The Kier molecular flexibility index (Phi) is 6.69. The van der Waals surface area contributed by atoms with Gasteiger partial charge in [0.05, 0.1) is 12.2 Å². The topological polar surface area (TPSA) is 67.8 Å². The lowest BCUT2D eigenvalue weighted by Gasteiger charge is -2.30. The Morgan fingerprint density at radius 3 is 2.71 bits per heavy atom. The van der Waals surface area contributed by atoms with Crippen molar-refractivity contribution in [2.24, 2.45) is 11.8 Å². The molecule has 3 aliphatic rings. The van der Waals surface area contributed by atoms with Crippen molar-refractivity contribution in [2.45, 2.75) is 76.2 Å². The third-order valence-electron chi connectivity index (χ3n) is 5.69. The summed E-state index contributed by atoms with van der Waals surface area (Å²) in [5.74, 6) is 0.467. The molecule has 24 heavy (non-hydrogen) atoms. The van der Waals surface area contributed by atoms with Crippen LogP contribution >= 0.6 is 0 Å². The number of ether oxygens (including phenoxy) is 2. The van der Waals surface area contributed by atoms with Gasteiger partial charge >= 0.3 is 5.97 Å². The molecule has 0 spiro atoms. The van der Waals surface area contributed by atoms with Crippen LogP contribution < -0.4 is 5.32 Å². The first-order chi connectivity index (χ1) is 11.7. The number of hydrogen-bond acceptors (Lipinski definition) is 4. The maximum atomic E-state index is 10.5. The molecule has 5 heteroatoms. The highest BCUT2D eigenvalue weighted by atomic mass is 16.5. The van der Waals surface area contributed by atoms with Gasteiger partial charge in [-0.15, -0.1) is 0 Å². The third kappa shape index (κ3) is 4.80. The van der Waals surface area contributed by atoms with E-state index >= 15 is 0 Å². The van der Waals surface area contributed by atoms with E-state index in [1.54, 1.807) is 0 Å². The number of rotatable bonds is 9. The fourth-order valence-corrected chi connectivity index (χ4v) is 4.39. The quantitative estimate of drug-likeness (QED) is 0.500. The minimum absolute atomic E-state index is 0.227. The molecular weight excluding hydrogens is 306 g/mol. The van der Waals surface area contributed by atoms with Gasteiger partial charge in [0, 0.05) is 25.5 Å². The first-order valence-electron chi connectivity index (χ1n) is 9.61. The number of allylic oxidation sites excluding steroid dienone is 2. The fourth-order valence-electron chi connectivity index (χ4n) is 4.39. The van der Waals surface area contributed by atoms with Crippen LogP contribution in [0.2, 0.25) is 0 Å². The Morgan fingerprint density at radius 2 is 1.96 bits per heavy atom. The summed E-state index contributed by atoms with van der Waals surface area (Å²) in [7, 11) is 0. The van der Waals surface area contributed by atoms with Gasteiger partial charge in [-0.2, -0.15) is 0 Å². The van der Waals surface area contributed by atoms with Gasteiger partial charge in [0.1, 0.15) is 6.23 Å². The molecule has 136 valence electrons. The first-order valence-corrected chi connectivity index (χ1v) is 9.61. The molecule has 3 aliphatic heterocycles. The third-order valence-corrected chi connectivity index (χ3v) is 5.69. The lowest BCUT2D eigenvalue weighted by molar-refractivity contribution is -0.137. The number of aliphatic carboxylic acids is 1. The number of unbranched alkanes of at least 4 members (excludes halogenated alkanes) is 1. The molecule has 3 heterocycles. The number of nitrogens with one attached hydrogen (secondary N) is 1. The zero-order chi connectivity index (χ0) is 16.8.